The molecule has 0 amide bonds. The molecular weight excluding hydrogens is 516 g/mol. The molecule has 0 heteroatoms. The van der Waals surface area contributed by atoms with Crippen molar-refractivity contribution >= 4 is 11.1 Å². The Hall–Kier alpha value is -2.08. The lowest BCUT2D eigenvalue weighted by molar-refractivity contribution is 0.284. The SMILES string of the molecule is CC(C)(C1C=C(C(C2CCCC2)C2CCCC2)c2ccccc21)C1C=C(C(C2CCCC2)C2CCCC2)c2ccccc21. The summed E-state index contributed by atoms with van der Waals surface area (Å²) in [6.07, 6.45) is 29.0. The fraction of sp³-hybridized carbons (Fsp3) is 0.628. The number of rotatable bonds is 8. The first-order valence-corrected chi connectivity index (χ1v) is 18.7. The normalized spacial score (nSPS) is 27.1. The van der Waals surface area contributed by atoms with Crippen LogP contribution in [0.2, 0.25) is 0 Å². The number of fused-ring (bicyclic) bond motifs is 2. The second-order valence-corrected chi connectivity index (χ2v) is 16.4. The maximum Gasteiger partial charge on any atom is 0.00902 e. The van der Waals surface area contributed by atoms with Gasteiger partial charge in [0.05, 0.1) is 0 Å². The average Bonchev–Trinajstić information content (AvgIpc) is 3.88. The summed E-state index contributed by atoms with van der Waals surface area (Å²) in [4.78, 5) is 0. The Morgan fingerprint density at radius 1 is 0.465 bits per heavy atom. The van der Waals surface area contributed by atoms with E-state index >= 15 is 0 Å². The van der Waals surface area contributed by atoms with E-state index in [1.807, 2.05) is 0 Å². The van der Waals surface area contributed by atoms with Crippen molar-refractivity contribution in [3.8, 4) is 0 Å². The second-order valence-electron chi connectivity index (χ2n) is 16.4. The van der Waals surface area contributed by atoms with Gasteiger partial charge in [-0.05, 0) is 126 Å². The molecule has 0 N–H and O–H groups in total. The highest BCUT2D eigenvalue weighted by molar-refractivity contribution is 5.79. The number of hydrogen-bond donors (Lipinski definition) is 0. The van der Waals surface area contributed by atoms with Crippen LogP contribution in [0.3, 0.4) is 0 Å². The van der Waals surface area contributed by atoms with E-state index in [1.165, 1.54) is 103 Å². The van der Waals surface area contributed by atoms with Crippen LogP contribution in [0.4, 0.5) is 0 Å². The molecule has 0 aromatic heterocycles. The van der Waals surface area contributed by atoms with Crippen LogP contribution in [0.1, 0.15) is 151 Å². The third-order valence-corrected chi connectivity index (χ3v) is 13.9. The Kier molecular flexibility index (Phi) is 7.72. The maximum absolute atomic E-state index is 2.85. The fourth-order valence-corrected chi connectivity index (χ4v) is 11.8. The van der Waals surface area contributed by atoms with Gasteiger partial charge in [-0.25, -0.2) is 0 Å². The molecule has 8 rings (SSSR count). The van der Waals surface area contributed by atoms with Gasteiger partial charge in [-0.2, -0.15) is 0 Å². The van der Waals surface area contributed by atoms with Crippen molar-refractivity contribution in [3.05, 3.63) is 82.9 Å². The molecule has 43 heavy (non-hydrogen) atoms. The topological polar surface area (TPSA) is 0 Å². The summed E-state index contributed by atoms with van der Waals surface area (Å²) in [6, 6.07) is 19.4. The van der Waals surface area contributed by atoms with Crippen LogP contribution in [-0.4, -0.2) is 0 Å². The Labute approximate surface area is 262 Å². The zero-order valence-corrected chi connectivity index (χ0v) is 27.2. The van der Waals surface area contributed by atoms with Crippen molar-refractivity contribution in [2.75, 3.05) is 0 Å². The van der Waals surface area contributed by atoms with Crippen LogP contribution < -0.4 is 0 Å². The molecule has 0 aliphatic heterocycles. The average molecular weight is 573 g/mol. The van der Waals surface area contributed by atoms with Crippen LogP contribution in [-0.2, 0) is 0 Å². The van der Waals surface area contributed by atoms with Crippen LogP contribution in [0, 0.1) is 40.9 Å². The van der Waals surface area contributed by atoms with Crippen molar-refractivity contribution in [1.29, 1.82) is 0 Å². The molecule has 4 saturated carbocycles. The summed E-state index contributed by atoms with van der Waals surface area (Å²) in [5.41, 5.74) is 10.2. The summed E-state index contributed by atoms with van der Waals surface area (Å²) in [7, 11) is 0. The number of allylic oxidation sites excluding steroid dienone is 4. The molecule has 2 aromatic carbocycles. The molecule has 228 valence electrons. The summed E-state index contributed by atoms with van der Waals surface area (Å²) in [6.45, 7) is 5.27. The largest absolute Gasteiger partial charge is 0.0723 e. The van der Waals surface area contributed by atoms with Gasteiger partial charge in [0.15, 0.2) is 0 Å². The van der Waals surface area contributed by atoms with Gasteiger partial charge in [-0.3, -0.25) is 0 Å². The van der Waals surface area contributed by atoms with Gasteiger partial charge in [0.1, 0.15) is 0 Å². The molecule has 6 aliphatic carbocycles. The van der Waals surface area contributed by atoms with Gasteiger partial charge >= 0.3 is 0 Å². The maximum atomic E-state index is 2.85. The monoisotopic (exact) mass is 572 g/mol. The second kappa shape index (κ2) is 11.7. The quantitative estimate of drug-likeness (QED) is 0.295. The summed E-state index contributed by atoms with van der Waals surface area (Å²) in [5, 5.41) is 0. The lowest BCUT2D eigenvalue weighted by atomic mass is 9.66. The molecular formula is C43H56. The van der Waals surface area contributed by atoms with Crippen molar-refractivity contribution in [1.82, 2.24) is 0 Å². The first-order chi connectivity index (χ1) is 21.1. The first kappa shape index (κ1) is 28.4. The van der Waals surface area contributed by atoms with E-state index < -0.39 is 0 Å². The molecule has 2 atom stereocenters. The highest BCUT2D eigenvalue weighted by atomic mass is 14.5. The lowest BCUT2D eigenvalue weighted by Gasteiger charge is -2.37. The Morgan fingerprint density at radius 3 is 1.09 bits per heavy atom. The standard InChI is InChI=1S/C43H56/c1-43(2,39-27-37(33-23-11-13-25-35(33)39)41(29-15-3-4-16-29)30-17-5-6-18-30)40-28-38(34-24-12-14-26-36(34)40)42(31-19-7-8-20-31)32-21-9-10-22-32/h11-14,23-32,39-42H,3-10,15-22H2,1-2H3. The van der Waals surface area contributed by atoms with Crippen molar-refractivity contribution in [2.24, 2.45) is 40.9 Å². The fourth-order valence-electron chi connectivity index (χ4n) is 11.8. The van der Waals surface area contributed by atoms with Gasteiger partial charge < -0.3 is 0 Å². The number of hydrogen-bond acceptors (Lipinski definition) is 0. The minimum absolute atomic E-state index is 0.126. The minimum atomic E-state index is 0.126. The lowest BCUT2D eigenvalue weighted by Crippen LogP contribution is -2.26. The third kappa shape index (κ3) is 4.93. The van der Waals surface area contributed by atoms with E-state index in [9.17, 15) is 0 Å². The van der Waals surface area contributed by atoms with E-state index in [0.717, 1.165) is 35.5 Å². The zero-order chi connectivity index (χ0) is 29.0. The summed E-state index contributed by atoms with van der Waals surface area (Å²) >= 11 is 0. The highest BCUT2D eigenvalue weighted by Crippen LogP contribution is 2.61. The van der Waals surface area contributed by atoms with Gasteiger partial charge in [0.25, 0.3) is 0 Å². The van der Waals surface area contributed by atoms with E-state index in [2.05, 4.69) is 74.5 Å². The van der Waals surface area contributed by atoms with E-state index in [4.69, 9.17) is 0 Å². The highest BCUT2D eigenvalue weighted by Gasteiger charge is 2.48. The minimum Gasteiger partial charge on any atom is -0.0723 e. The molecule has 2 aromatic rings. The third-order valence-electron chi connectivity index (χ3n) is 13.9. The van der Waals surface area contributed by atoms with Gasteiger partial charge in [0.2, 0.25) is 0 Å². The van der Waals surface area contributed by atoms with Gasteiger partial charge in [-0.1, -0.05) is 126 Å². The Bertz CT molecular complexity index is 1210. The first-order valence-electron chi connectivity index (χ1n) is 18.7. The number of benzene rings is 2. The van der Waals surface area contributed by atoms with Crippen molar-refractivity contribution in [3.63, 3.8) is 0 Å². The van der Waals surface area contributed by atoms with E-state index in [0.29, 0.717) is 11.8 Å². The van der Waals surface area contributed by atoms with Crippen LogP contribution in [0.25, 0.3) is 11.1 Å². The summed E-state index contributed by atoms with van der Waals surface area (Å²) < 4.78 is 0. The molecule has 0 radical (unpaired) electrons. The molecule has 2 unspecified atom stereocenters. The van der Waals surface area contributed by atoms with Gasteiger partial charge in [0, 0.05) is 11.8 Å². The summed E-state index contributed by atoms with van der Waals surface area (Å²) in [5.74, 6) is 6.14. The van der Waals surface area contributed by atoms with E-state index in [-0.39, 0.29) is 5.41 Å². The smallest absolute Gasteiger partial charge is 0.00902 e. The van der Waals surface area contributed by atoms with Crippen molar-refractivity contribution in [2.45, 2.75) is 128 Å². The molecule has 6 aliphatic rings. The van der Waals surface area contributed by atoms with Crippen LogP contribution >= 0.6 is 0 Å². The van der Waals surface area contributed by atoms with Crippen LogP contribution in [0.15, 0.2) is 60.7 Å². The van der Waals surface area contributed by atoms with Crippen LogP contribution in [0.5, 0.6) is 0 Å². The molecule has 0 heterocycles. The van der Waals surface area contributed by atoms with Gasteiger partial charge in [-0.15, -0.1) is 0 Å². The van der Waals surface area contributed by atoms with Crippen molar-refractivity contribution < 1.29 is 0 Å². The Balaban J connectivity index is 1.20. The predicted molar refractivity (Wildman–Crippen MR) is 183 cm³/mol. The molecule has 0 bridgehead atoms. The molecule has 0 nitrogen and oxygen atoms in total. The Morgan fingerprint density at radius 2 is 0.767 bits per heavy atom. The predicted octanol–water partition coefficient (Wildman–Crippen LogP) is 12.4. The zero-order valence-electron chi connectivity index (χ0n) is 27.2. The molecule has 0 spiro atoms. The molecule has 4 fully saturated rings. The molecule has 0 saturated heterocycles. The van der Waals surface area contributed by atoms with E-state index in [1.54, 1.807) is 33.4 Å².